The average molecular weight is 259 g/mol. The van der Waals surface area contributed by atoms with E-state index in [4.69, 9.17) is 15.2 Å². The van der Waals surface area contributed by atoms with E-state index in [-0.39, 0.29) is 6.79 Å². The lowest BCUT2D eigenvalue weighted by atomic mass is 10.1. The lowest BCUT2D eigenvalue weighted by molar-refractivity contribution is 0.174. The quantitative estimate of drug-likeness (QED) is 0.704. The topological polar surface area (TPSA) is 73.2 Å². The third kappa shape index (κ3) is 1.29. The number of nitrogens with two attached hydrogens (primary N) is 1. The number of anilines is 1. The van der Waals surface area contributed by atoms with E-state index in [0.29, 0.717) is 5.13 Å². The lowest BCUT2D eigenvalue weighted by Gasteiger charge is -1.98. The van der Waals surface area contributed by atoms with Gasteiger partial charge in [-0.25, -0.2) is 4.98 Å². The summed E-state index contributed by atoms with van der Waals surface area (Å²) in [5.41, 5.74) is 8.57. The second-order valence-corrected chi connectivity index (χ2v) is 4.91. The van der Waals surface area contributed by atoms with E-state index in [0.717, 1.165) is 33.7 Å². The number of hydrogen-bond donors (Lipinski definition) is 2. The van der Waals surface area contributed by atoms with E-state index in [1.54, 1.807) is 0 Å². The Balaban J connectivity index is 1.97. The van der Waals surface area contributed by atoms with Crippen molar-refractivity contribution in [2.24, 2.45) is 0 Å². The maximum atomic E-state index is 5.67. The second-order valence-electron chi connectivity index (χ2n) is 4.02. The van der Waals surface area contributed by atoms with Crippen LogP contribution in [0.1, 0.15) is 0 Å². The summed E-state index contributed by atoms with van der Waals surface area (Å²) in [6.45, 7) is 0.279. The maximum absolute atomic E-state index is 5.67. The van der Waals surface area contributed by atoms with Gasteiger partial charge in [-0.3, -0.25) is 0 Å². The zero-order valence-electron chi connectivity index (χ0n) is 9.27. The Morgan fingerprint density at radius 1 is 1.28 bits per heavy atom. The molecule has 0 amide bonds. The van der Waals surface area contributed by atoms with Crippen LogP contribution in [0.25, 0.3) is 22.2 Å². The number of rotatable bonds is 1. The molecule has 0 radical (unpaired) electrons. The van der Waals surface area contributed by atoms with Crippen molar-refractivity contribution in [3.63, 3.8) is 0 Å². The number of nitrogen functional groups attached to an aromatic ring is 1. The average Bonchev–Trinajstić information content (AvgIpc) is 3.04. The number of H-pyrrole nitrogens is 1. The van der Waals surface area contributed by atoms with Gasteiger partial charge in [0, 0.05) is 28.6 Å². The summed E-state index contributed by atoms with van der Waals surface area (Å²) in [6, 6.07) is 3.91. The fourth-order valence-electron chi connectivity index (χ4n) is 2.14. The molecular weight excluding hydrogens is 250 g/mol. The Morgan fingerprint density at radius 2 is 2.11 bits per heavy atom. The predicted octanol–water partition coefficient (Wildman–Crippen LogP) is 2.60. The molecule has 3 aromatic rings. The zero-order chi connectivity index (χ0) is 12.1. The van der Waals surface area contributed by atoms with Gasteiger partial charge in [0.1, 0.15) is 0 Å². The van der Waals surface area contributed by atoms with E-state index in [1.165, 1.54) is 11.3 Å². The fraction of sp³-hybridized carbons (Fsp3) is 0.0833. The summed E-state index contributed by atoms with van der Waals surface area (Å²) in [6.07, 6.45) is 1.92. The van der Waals surface area contributed by atoms with E-state index < -0.39 is 0 Å². The van der Waals surface area contributed by atoms with Gasteiger partial charge in [0.2, 0.25) is 6.79 Å². The van der Waals surface area contributed by atoms with E-state index in [9.17, 15) is 0 Å². The zero-order valence-corrected chi connectivity index (χ0v) is 10.1. The molecule has 1 aliphatic heterocycles. The molecule has 0 bridgehead atoms. The first-order valence-electron chi connectivity index (χ1n) is 5.43. The number of nitrogens with zero attached hydrogens (tertiary/aromatic N) is 1. The number of benzene rings is 1. The minimum Gasteiger partial charge on any atom is -0.454 e. The van der Waals surface area contributed by atoms with Crippen LogP contribution in [0.5, 0.6) is 11.5 Å². The predicted molar refractivity (Wildman–Crippen MR) is 69.9 cm³/mol. The first kappa shape index (κ1) is 9.78. The van der Waals surface area contributed by atoms with Gasteiger partial charge in [-0.15, -0.1) is 11.3 Å². The van der Waals surface area contributed by atoms with Gasteiger partial charge in [0.15, 0.2) is 16.6 Å². The number of aromatic amines is 1. The van der Waals surface area contributed by atoms with Crippen LogP contribution >= 0.6 is 11.3 Å². The van der Waals surface area contributed by atoms with Crippen molar-refractivity contribution in [3.05, 3.63) is 23.7 Å². The van der Waals surface area contributed by atoms with Crippen molar-refractivity contribution in [3.8, 4) is 22.8 Å². The molecule has 0 saturated carbocycles. The Morgan fingerprint density at radius 3 is 2.89 bits per heavy atom. The molecule has 1 aromatic carbocycles. The third-order valence-corrected chi connectivity index (χ3v) is 3.65. The first-order chi connectivity index (χ1) is 8.81. The van der Waals surface area contributed by atoms with E-state index in [2.05, 4.69) is 9.97 Å². The van der Waals surface area contributed by atoms with Gasteiger partial charge in [0.25, 0.3) is 0 Å². The van der Waals surface area contributed by atoms with E-state index in [1.807, 2.05) is 23.7 Å². The largest absolute Gasteiger partial charge is 0.454 e. The number of thiazole rings is 1. The molecule has 3 N–H and O–H groups in total. The number of ether oxygens (including phenoxy) is 2. The normalized spacial score (nSPS) is 13.3. The number of fused-ring (bicyclic) bond motifs is 2. The van der Waals surface area contributed by atoms with Crippen molar-refractivity contribution in [1.29, 1.82) is 0 Å². The molecule has 0 atom stereocenters. The molecule has 0 fully saturated rings. The van der Waals surface area contributed by atoms with Crippen molar-refractivity contribution in [2.75, 3.05) is 12.5 Å². The SMILES string of the molecule is Nc1nc(-c2c[nH]c3cc4c(cc23)OCO4)cs1. The standard InChI is InChI=1S/C12H9N3O2S/c13-12-15-9(4-18-12)7-3-14-8-2-11-10(1-6(7)8)16-5-17-11/h1-4,14H,5H2,(H2,13,15). The van der Waals surface area contributed by atoms with E-state index >= 15 is 0 Å². The highest BCUT2D eigenvalue weighted by Gasteiger charge is 2.17. The van der Waals surface area contributed by atoms with Gasteiger partial charge in [-0.05, 0) is 6.07 Å². The van der Waals surface area contributed by atoms with Crippen LogP contribution in [-0.4, -0.2) is 16.8 Å². The fourth-order valence-corrected chi connectivity index (χ4v) is 2.70. The van der Waals surface area contributed by atoms with Gasteiger partial charge >= 0.3 is 0 Å². The van der Waals surface area contributed by atoms with Gasteiger partial charge in [0.05, 0.1) is 11.2 Å². The van der Waals surface area contributed by atoms with Crippen molar-refractivity contribution in [2.45, 2.75) is 0 Å². The summed E-state index contributed by atoms with van der Waals surface area (Å²) < 4.78 is 10.7. The smallest absolute Gasteiger partial charge is 0.231 e. The number of aromatic nitrogens is 2. The van der Waals surface area contributed by atoms with Crippen LogP contribution in [-0.2, 0) is 0 Å². The van der Waals surface area contributed by atoms with Crippen molar-refractivity contribution >= 4 is 27.4 Å². The third-order valence-electron chi connectivity index (χ3n) is 2.97. The molecule has 90 valence electrons. The molecule has 0 unspecified atom stereocenters. The lowest BCUT2D eigenvalue weighted by Crippen LogP contribution is -1.92. The number of hydrogen-bond acceptors (Lipinski definition) is 5. The van der Waals surface area contributed by atoms with Crippen LogP contribution in [0.3, 0.4) is 0 Å². The minimum atomic E-state index is 0.279. The summed E-state index contributed by atoms with van der Waals surface area (Å²) in [7, 11) is 0. The monoisotopic (exact) mass is 259 g/mol. The second kappa shape index (κ2) is 3.39. The first-order valence-corrected chi connectivity index (χ1v) is 6.31. The van der Waals surface area contributed by atoms with Gasteiger partial charge in [-0.1, -0.05) is 0 Å². The van der Waals surface area contributed by atoms with Crippen LogP contribution in [0.15, 0.2) is 23.7 Å². The molecular formula is C12H9N3O2S. The summed E-state index contributed by atoms with van der Waals surface area (Å²) >= 11 is 1.43. The van der Waals surface area contributed by atoms with Crippen LogP contribution < -0.4 is 15.2 Å². The summed E-state index contributed by atoms with van der Waals surface area (Å²) in [5, 5.41) is 3.58. The Labute approximate surface area is 106 Å². The summed E-state index contributed by atoms with van der Waals surface area (Å²) in [4.78, 5) is 7.51. The molecule has 5 nitrogen and oxygen atoms in total. The molecule has 0 saturated heterocycles. The van der Waals surface area contributed by atoms with Gasteiger partial charge < -0.3 is 20.2 Å². The molecule has 0 aliphatic carbocycles. The Bertz CT molecular complexity index is 747. The van der Waals surface area contributed by atoms with Crippen molar-refractivity contribution in [1.82, 2.24) is 9.97 Å². The van der Waals surface area contributed by atoms with Gasteiger partial charge in [-0.2, -0.15) is 0 Å². The van der Waals surface area contributed by atoms with Crippen LogP contribution in [0.2, 0.25) is 0 Å². The molecule has 4 rings (SSSR count). The Kier molecular flexibility index (Phi) is 1.84. The van der Waals surface area contributed by atoms with Crippen LogP contribution in [0, 0.1) is 0 Å². The highest BCUT2D eigenvalue weighted by molar-refractivity contribution is 7.13. The Hall–Kier alpha value is -2.21. The van der Waals surface area contributed by atoms with Crippen molar-refractivity contribution < 1.29 is 9.47 Å². The summed E-state index contributed by atoms with van der Waals surface area (Å²) in [5.74, 6) is 1.54. The highest BCUT2D eigenvalue weighted by atomic mass is 32.1. The molecule has 18 heavy (non-hydrogen) atoms. The molecule has 0 spiro atoms. The number of nitrogens with one attached hydrogen (secondary N) is 1. The minimum absolute atomic E-state index is 0.279. The molecule has 3 heterocycles. The molecule has 2 aromatic heterocycles. The molecule has 6 heteroatoms. The molecule has 1 aliphatic rings. The van der Waals surface area contributed by atoms with Crippen LogP contribution in [0.4, 0.5) is 5.13 Å². The maximum Gasteiger partial charge on any atom is 0.231 e. The highest BCUT2D eigenvalue weighted by Crippen LogP contribution is 2.39.